The molecule has 0 spiro atoms. The van der Waals surface area contributed by atoms with Gasteiger partial charge in [-0.15, -0.1) is 0 Å². The second kappa shape index (κ2) is 9.27. The molecule has 0 amide bonds. The first-order valence-electron chi connectivity index (χ1n) is 9.85. The Kier molecular flexibility index (Phi) is 7.86. The summed E-state index contributed by atoms with van der Waals surface area (Å²) in [5.74, 6) is 0.0637. The zero-order chi connectivity index (χ0) is 21.7. The van der Waals surface area contributed by atoms with Crippen molar-refractivity contribution in [1.29, 1.82) is 0 Å². The topological polar surface area (TPSA) is 46.5 Å². The van der Waals surface area contributed by atoms with Gasteiger partial charge in [-0.25, -0.2) is 4.79 Å². The first kappa shape index (κ1) is 23.7. The highest BCUT2D eigenvalue weighted by molar-refractivity contribution is 5.81. The Morgan fingerprint density at radius 3 is 1.93 bits per heavy atom. The fourth-order valence-corrected chi connectivity index (χ4v) is 2.95. The molecule has 1 N–H and O–H groups in total. The molecule has 0 saturated carbocycles. The summed E-state index contributed by atoms with van der Waals surface area (Å²) in [4.78, 5) is 10.7. The Hall–Kier alpha value is -2.29. The highest BCUT2D eigenvalue weighted by Crippen LogP contribution is 2.41. The summed E-state index contributed by atoms with van der Waals surface area (Å²) < 4.78 is 6.11. The highest BCUT2D eigenvalue weighted by atomic mass is 16.5. The smallest absolute Gasteiger partial charge is 0.328 e. The van der Waals surface area contributed by atoms with E-state index in [2.05, 4.69) is 60.6 Å². The third-order valence-corrected chi connectivity index (χ3v) is 4.51. The third kappa shape index (κ3) is 6.70. The highest BCUT2D eigenvalue weighted by Gasteiger charge is 2.27. The van der Waals surface area contributed by atoms with Gasteiger partial charge < -0.3 is 9.84 Å². The first-order chi connectivity index (χ1) is 12.8. The Balaban J connectivity index is 3.53. The zero-order valence-electron chi connectivity index (χ0n) is 18.9. The fourth-order valence-electron chi connectivity index (χ4n) is 2.95. The van der Waals surface area contributed by atoms with E-state index in [1.165, 1.54) is 17.2 Å². The molecule has 1 aromatic carbocycles. The molecule has 0 heterocycles. The largest absolute Gasteiger partial charge is 0.493 e. The predicted octanol–water partition coefficient (Wildman–Crippen LogP) is 6.67. The minimum atomic E-state index is -0.931. The van der Waals surface area contributed by atoms with Crippen molar-refractivity contribution in [2.24, 2.45) is 0 Å². The number of ether oxygens (including phenoxy) is 1. The van der Waals surface area contributed by atoms with Crippen molar-refractivity contribution >= 4 is 11.5 Å². The predicted molar refractivity (Wildman–Crippen MR) is 119 cm³/mol. The molecule has 1 aromatic rings. The molecule has 3 heteroatoms. The van der Waals surface area contributed by atoms with Crippen LogP contribution in [-0.4, -0.2) is 17.7 Å². The number of carboxylic acid groups (broad SMARTS) is 1. The number of carbonyl (C=O) groups is 1. The summed E-state index contributed by atoms with van der Waals surface area (Å²) >= 11 is 0. The Labute approximate surface area is 170 Å². The van der Waals surface area contributed by atoms with Crippen molar-refractivity contribution in [2.75, 3.05) is 6.61 Å². The molecule has 0 aliphatic heterocycles. The average Bonchev–Trinajstić information content (AvgIpc) is 2.52. The van der Waals surface area contributed by atoms with Gasteiger partial charge >= 0.3 is 5.97 Å². The van der Waals surface area contributed by atoms with Gasteiger partial charge in [-0.3, -0.25) is 0 Å². The maximum absolute atomic E-state index is 10.7. The summed E-state index contributed by atoms with van der Waals surface area (Å²) in [6, 6.07) is 4.44. The van der Waals surface area contributed by atoms with Gasteiger partial charge in [0.25, 0.3) is 0 Å². The van der Waals surface area contributed by atoms with Crippen molar-refractivity contribution in [2.45, 2.75) is 73.1 Å². The van der Waals surface area contributed by atoms with Crippen LogP contribution in [0.1, 0.15) is 79.0 Å². The lowest BCUT2D eigenvalue weighted by Crippen LogP contribution is -2.20. The van der Waals surface area contributed by atoms with Crippen molar-refractivity contribution < 1.29 is 14.6 Å². The minimum absolute atomic E-state index is 0.0442. The molecular formula is C25H36O3. The third-order valence-electron chi connectivity index (χ3n) is 4.51. The zero-order valence-corrected chi connectivity index (χ0v) is 18.9. The van der Waals surface area contributed by atoms with Gasteiger partial charge in [-0.05, 0) is 60.4 Å². The Morgan fingerprint density at radius 1 is 1.04 bits per heavy atom. The molecule has 0 fully saturated rings. The van der Waals surface area contributed by atoms with Gasteiger partial charge in [-0.1, -0.05) is 59.8 Å². The summed E-state index contributed by atoms with van der Waals surface area (Å²) in [6.45, 7) is 19.8. The summed E-state index contributed by atoms with van der Waals surface area (Å²) in [5, 5.41) is 8.82. The van der Waals surface area contributed by atoms with Crippen molar-refractivity contribution in [3.8, 4) is 5.75 Å². The number of benzene rings is 1. The van der Waals surface area contributed by atoms with Crippen LogP contribution in [-0.2, 0) is 15.6 Å². The van der Waals surface area contributed by atoms with Crippen LogP contribution in [0.4, 0.5) is 0 Å². The van der Waals surface area contributed by atoms with Crippen LogP contribution in [0.5, 0.6) is 5.75 Å². The van der Waals surface area contributed by atoms with E-state index in [0.29, 0.717) is 12.2 Å². The van der Waals surface area contributed by atoms with Crippen LogP contribution in [0, 0.1) is 0 Å². The van der Waals surface area contributed by atoms with Gasteiger partial charge in [0.1, 0.15) is 5.75 Å². The SMILES string of the molecule is CCOc1c(C(C)(C)C)cc(/C(C)=C/C=C/C(C)=C/C(=O)O)cc1C(C)(C)C. The molecule has 0 radical (unpaired) electrons. The standard InChI is InChI=1S/C25H36O3/c1-10-28-23-20(24(4,5)6)15-19(16-21(23)25(7,8)9)18(3)13-11-12-17(2)14-22(26)27/h11-16H,10H2,1-9H3,(H,26,27)/b12-11+,17-14+,18-13+. The van der Waals surface area contributed by atoms with Crippen LogP contribution >= 0.6 is 0 Å². The molecular weight excluding hydrogens is 348 g/mol. The van der Waals surface area contributed by atoms with Crippen LogP contribution < -0.4 is 4.74 Å². The van der Waals surface area contributed by atoms with Crippen molar-refractivity contribution in [3.63, 3.8) is 0 Å². The monoisotopic (exact) mass is 384 g/mol. The van der Waals surface area contributed by atoms with E-state index < -0.39 is 5.97 Å². The molecule has 0 aliphatic rings. The van der Waals surface area contributed by atoms with Gasteiger partial charge in [0.05, 0.1) is 6.61 Å². The quantitative estimate of drug-likeness (QED) is 0.440. The van der Waals surface area contributed by atoms with Crippen LogP contribution in [0.15, 0.2) is 42.0 Å². The van der Waals surface area contributed by atoms with Gasteiger partial charge in [0, 0.05) is 17.2 Å². The number of allylic oxidation sites excluding steroid dienone is 5. The fraction of sp³-hybridized carbons (Fsp3) is 0.480. The molecule has 0 aromatic heterocycles. The molecule has 28 heavy (non-hydrogen) atoms. The summed E-state index contributed by atoms with van der Waals surface area (Å²) in [7, 11) is 0. The second-order valence-corrected chi connectivity index (χ2v) is 9.27. The maximum atomic E-state index is 10.7. The normalized spacial score (nSPS) is 13.9. The molecule has 0 atom stereocenters. The number of hydrogen-bond acceptors (Lipinski definition) is 2. The summed E-state index contributed by atoms with van der Waals surface area (Å²) in [6.07, 6.45) is 6.93. The summed E-state index contributed by atoms with van der Waals surface area (Å²) in [5.41, 5.74) is 5.30. The Morgan fingerprint density at radius 2 is 1.54 bits per heavy atom. The minimum Gasteiger partial charge on any atom is -0.493 e. The van der Waals surface area contributed by atoms with E-state index in [-0.39, 0.29) is 10.8 Å². The number of aliphatic carboxylic acids is 1. The lowest BCUT2D eigenvalue weighted by atomic mass is 9.77. The molecule has 154 valence electrons. The molecule has 0 saturated heterocycles. The second-order valence-electron chi connectivity index (χ2n) is 9.27. The van der Waals surface area contributed by atoms with E-state index >= 15 is 0 Å². The Bertz CT molecular complexity index is 759. The number of rotatable bonds is 6. The molecule has 0 bridgehead atoms. The van der Waals surface area contributed by atoms with E-state index in [4.69, 9.17) is 9.84 Å². The van der Waals surface area contributed by atoms with Gasteiger partial charge in [-0.2, -0.15) is 0 Å². The molecule has 1 rings (SSSR count). The van der Waals surface area contributed by atoms with Crippen LogP contribution in [0.3, 0.4) is 0 Å². The lowest BCUT2D eigenvalue weighted by Gasteiger charge is -2.30. The van der Waals surface area contributed by atoms with Crippen LogP contribution in [0.25, 0.3) is 5.57 Å². The van der Waals surface area contributed by atoms with Gasteiger partial charge in [0.2, 0.25) is 0 Å². The average molecular weight is 385 g/mol. The number of carboxylic acids is 1. The number of hydrogen-bond donors (Lipinski definition) is 1. The lowest BCUT2D eigenvalue weighted by molar-refractivity contribution is -0.131. The van der Waals surface area contributed by atoms with Gasteiger partial charge in [0.15, 0.2) is 0 Å². The first-order valence-corrected chi connectivity index (χ1v) is 9.85. The van der Waals surface area contributed by atoms with E-state index in [0.717, 1.165) is 16.9 Å². The van der Waals surface area contributed by atoms with Crippen molar-refractivity contribution in [3.05, 3.63) is 58.7 Å². The van der Waals surface area contributed by atoms with Crippen molar-refractivity contribution in [1.82, 2.24) is 0 Å². The van der Waals surface area contributed by atoms with E-state index in [9.17, 15) is 4.79 Å². The van der Waals surface area contributed by atoms with Crippen LogP contribution in [0.2, 0.25) is 0 Å². The van der Waals surface area contributed by atoms with E-state index in [1.54, 1.807) is 6.92 Å². The van der Waals surface area contributed by atoms with E-state index in [1.807, 2.05) is 25.2 Å². The molecule has 3 nitrogen and oxygen atoms in total. The molecule has 0 aliphatic carbocycles. The maximum Gasteiger partial charge on any atom is 0.328 e. The molecule has 0 unspecified atom stereocenters.